The van der Waals surface area contributed by atoms with Gasteiger partial charge in [0.05, 0.1) is 11.0 Å². The van der Waals surface area contributed by atoms with Gasteiger partial charge in [-0.1, -0.05) is 149 Å². The highest BCUT2D eigenvalue weighted by Crippen LogP contribution is 2.49. The van der Waals surface area contributed by atoms with Crippen molar-refractivity contribution >= 4 is 54.5 Å². The zero-order valence-electron chi connectivity index (χ0n) is 35.3. The number of fused-ring (bicyclic) bond motifs is 8. The lowest BCUT2D eigenvalue weighted by Gasteiger charge is -2.42. The first-order chi connectivity index (χ1) is 30.2. The van der Waals surface area contributed by atoms with Gasteiger partial charge < -0.3 is 8.98 Å². The van der Waals surface area contributed by atoms with Crippen LogP contribution in [0.5, 0.6) is 0 Å². The van der Waals surface area contributed by atoms with Gasteiger partial charge in [0.15, 0.2) is 17.5 Å². The van der Waals surface area contributed by atoms with Gasteiger partial charge in [-0.05, 0) is 99.7 Å². The van der Waals surface area contributed by atoms with Crippen LogP contribution in [-0.2, 0) is 10.8 Å². The lowest BCUT2D eigenvalue weighted by molar-refractivity contribution is 0.332. The standard InChI is InChI=1S/C57H44N4O/c1-56(2)28-29-57(3,4)48-34-50-46(33-47(48)56)43-18-8-10-22-49(43)61(50)41-27-26-35-24-25-39(31-40(35)32-41)55-59-53(36-14-6-5-7-15-36)58-54(60-55)38-17-12-16-37(30-38)42-20-13-21-45-44-19-9-11-23-51(44)62-52(42)45/h5-27,30-34H,28-29H2,1-4H3. The summed E-state index contributed by atoms with van der Waals surface area (Å²) < 4.78 is 8.90. The lowest BCUT2D eigenvalue weighted by Crippen LogP contribution is -2.33. The number of para-hydroxylation sites is 3. The molecule has 0 saturated carbocycles. The Morgan fingerprint density at radius 1 is 0.435 bits per heavy atom. The van der Waals surface area contributed by atoms with E-state index in [1.54, 1.807) is 0 Å². The van der Waals surface area contributed by atoms with Crippen LogP contribution in [0.4, 0.5) is 0 Å². The summed E-state index contributed by atoms with van der Waals surface area (Å²) in [6, 6.07) is 60.4. The van der Waals surface area contributed by atoms with Gasteiger partial charge >= 0.3 is 0 Å². The molecule has 5 nitrogen and oxygen atoms in total. The maximum Gasteiger partial charge on any atom is 0.164 e. The highest BCUT2D eigenvalue weighted by molar-refractivity contribution is 6.11. The highest BCUT2D eigenvalue weighted by atomic mass is 16.3. The van der Waals surface area contributed by atoms with E-state index in [0.717, 1.165) is 66.2 Å². The highest BCUT2D eigenvalue weighted by Gasteiger charge is 2.38. The summed E-state index contributed by atoms with van der Waals surface area (Å²) in [6.07, 6.45) is 2.36. The van der Waals surface area contributed by atoms with Crippen LogP contribution in [0.15, 0.2) is 174 Å². The van der Waals surface area contributed by atoms with Gasteiger partial charge in [0.2, 0.25) is 0 Å². The minimum Gasteiger partial charge on any atom is -0.455 e. The Morgan fingerprint density at radius 2 is 1.05 bits per heavy atom. The molecule has 0 N–H and O–H groups in total. The average Bonchev–Trinajstić information content (AvgIpc) is 3.86. The van der Waals surface area contributed by atoms with Crippen molar-refractivity contribution in [1.82, 2.24) is 19.5 Å². The molecule has 1 aliphatic carbocycles. The molecular weight excluding hydrogens is 757 g/mol. The summed E-state index contributed by atoms with van der Waals surface area (Å²) in [5, 5.41) is 7.07. The van der Waals surface area contributed by atoms with Gasteiger partial charge in [0.1, 0.15) is 11.2 Å². The van der Waals surface area contributed by atoms with Crippen molar-refractivity contribution in [1.29, 1.82) is 0 Å². The molecule has 0 unspecified atom stereocenters. The molecule has 3 heterocycles. The molecule has 62 heavy (non-hydrogen) atoms. The summed E-state index contributed by atoms with van der Waals surface area (Å²) in [5.41, 5.74) is 13.3. The van der Waals surface area contributed by atoms with Crippen LogP contribution in [0.25, 0.3) is 105 Å². The molecule has 0 saturated heterocycles. The van der Waals surface area contributed by atoms with Crippen molar-refractivity contribution in [2.75, 3.05) is 0 Å². The SMILES string of the molecule is CC1(C)CCC(C)(C)c2cc3c(cc21)c1ccccc1n3-c1ccc2ccc(-c3nc(-c4ccccc4)nc(-c4cccc(-c5cccc6c5oc5ccccc56)c4)n3)cc2c1. The molecule has 8 aromatic carbocycles. The number of aromatic nitrogens is 4. The molecule has 12 rings (SSSR count). The predicted octanol–water partition coefficient (Wildman–Crippen LogP) is 15.0. The Hall–Kier alpha value is -7.37. The third-order valence-electron chi connectivity index (χ3n) is 13.5. The van der Waals surface area contributed by atoms with Crippen LogP contribution in [-0.4, -0.2) is 19.5 Å². The van der Waals surface area contributed by atoms with Gasteiger partial charge in [-0.15, -0.1) is 0 Å². The summed E-state index contributed by atoms with van der Waals surface area (Å²) >= 11 is 0. The van der Waals surface area contributed by atoms with Crippen LogP contribution in [0.2, 0.25) is 0 Å². The van der Waals surface area contributed by atoms with Crippen LogP contribution in [0.1, 0.15) is 51.7 Å². The van der Waals surface area contributed by atoms with Gasteiger partial charge in [-0.3, -0.25) is 0 Å². The molecule has 11 aromatic rings. The smallest absolute Gasteiger partial charge is 0.164 e. The first kappa shape index (κ1) is 36.5. The van der Waals surface area contributed by atoms with E-state index in [1.807, 2.05) is 30.3 Å². The Kier molecular flexibility index (Phi) is 7.98. The number of benzene rings is 8. The third kappa shape index (κ3) is 5.79. The molecule has 0 radical (unpaired) electrons. The summed E-state index contributed by atoms with van der Waals surface area (Å²) in [4.78, 5) is 15.4. The van der Waals surface area contributed by atoms with E-state index in [4.69, 9.17) is 19.4 Å². The largest absolute Gasteiger partial charge is 0.455 e. The molecule has 3 aromatic heterocycles. The van der Waals surface area contributed by atoms with Gasteiger partial charge in [-0.2, -0.15) is 0 Å². The molecular formula is C57H44N4O. The minimum atomic E-state index is 0.102. The van der Waals surface area contributed by atoms with Crippen molar-refractivity contribution in [3.05, 3.63) is 181 Å². The van der Waals surface area contributed by atoms with E-state index in [9.17, 15) is 0 Å². The van der Waals surface area contributed by atoms with Gasteiger partial charge in [0.25, 0.3) is 0 Å². The van der Waals surface area contributed by atoms with Gasteiger partial charge in [-0.25, -0.2) is 15.0 Å². The summed E-state index contributed by atoms with van der Waals surface area (Å²) in [6.45, 7) is 9.64. The first-order valence-electron chi connectivity index (χ1n) is 21.6. The van der Waals surface area contributed by atoms with E-state index in [0.29, 0.717) is 17.5 Å². The number of hydrogen-bond acceptors (Lipinski definition) is 4. The Balaban J connectivity index is 1.00. The Labute approximate surface area is 360 Å². The van der Waals surface area contributed by atoms with Crippen LogP contribution in [0, 0.1) is 0 Å². The maximum atomic E-state index is 6.44. The molecule has 0 aliphatic heterocycles. The van der Waals surface area contributed by atoms with E-state index in [1.165, 1.54) is 45.8 Å². The quantitative estimate of drug-likeness (QED) is 0.174. The van der Waals surface area contributed by atoms with Crippen molar-refractivity contribution < 1.29 is 4.42 Å². The van der Waals surface area contributed by atoms with Crippen molar-refractivity contribution in [2.45, 2.75) is 51.4 Å². The molecule has 0 fully saturated rings. The first-order valence-corrected chi connectivity index (χ1v) is 21.6. The fraction of sp³-hybridized carbons (Fsp3) is 0.140. The fourth-order valence-corrected chi connectivity index (χ4v) is 9.97. The lowest BCUT2D eigenvalue weighted by atomic mass is 9.63. The molecule has 1 aliphatic rings. The number of furan rings is 1. The van der Waals surface area contributed by atoms with Crippen LogP contribution >= 0.6 is 0 Å². The number of nitrogens with zero attached hydrogens (tertiary/aromatic N) is 4. The van der Waals surface area contributed by atoms with Crippen LogP contribution < -0.4 is 0 Å². The average molecular weight is 801 g/mol. The predicted molar refractivity (Wildman–Crippen MR) is 256 cm³/mol. The molecule has 0 bridgehead atoms. The van der Waals surface area contributed by atoms with E-state index in [2.05, 4.69) is 172 Å². The molecule has 0 spiro atoms. The van der Waals surface area contributed by atoms with Crippen LogP contribution in [0.3, 0.4) is 0 Å². The normalized spacial score (nSPS) is 14.6. The van der Waals surface area contributed by atoms with E-state index >= 15 is 0 Å². The van der Waals surface area contributed by atoms with E-state index in [-0.39, 0.29) is 10.8 Å². The second-order valence-electron chi connectivity index (χ2n) is 18.3. The zero-order chi connectivity index (χ0) is 41.7. The Bertz CT molecular complexity index is 3590. The molecule has 298 valence electrons. The second-order valence-corrected chi connectivity index (χ2v) is 18.3. The van der Waals surface area contributed by atoms with E-state index < -0.39 is 0 Å². The van der Waals surface area contributed by atoms with Crippen molar-refractivity contribution in [2.24, 2.45) is 0 Å². The second kappa shape index (κ2) is 13.6. The fourth-order valence-electron chi connectivity index (χ4n) is 9.97. The zero-order valence-corrected chi connectivity index (χ0v) is 35.3. The molecule has 0 amide bonds. The maximum absolute atomic E-state index is 6.44. The Morgan fingerprint density at radius 3 is 1.85 bits per heavy atom. The summed E-state index contributed by atoms with van der Waals surface area (Å²) in [5.74, 6) is 1.87. The summed E-state index contributed by atoms with van der Waals surface area (Å²) in [7, 11) is 0. The number of hydrogen-bond donors (Lipinski definition) is 0. The van der Waals surface area contributed by atoms with Crippen molar-refractivity contribution in [3.63, 3.8) is 0 Å². The molecule has 5 heteroatoms. The monoisotopic (exact) mass is 800 g/mol. The third-order valence-corrected chi connectivity index (χ3v) is 13.5. The minimum absolute atomic E-state index is 0.102. The topological polar surface area (TPSA) is 56.7 Å². The molecule has 0 atom stereocenters. The van der Waals surface area contributed by atoms with Crippen molar-refractivity contribution in [3.8, 4) is 51.0 Å². The van der Waals surface area contributed by atoms with Gasteiger partial charge in [0, 0.05) is 49.5 Å². The number of rotatable bonds is 5.